The van der Waals surface area contributed by atoms with E-state index in [-0.39, 0.29) is 0 Å². The second-order valence-corrected chi connectivity index (χ2v) is 6.32. The van der Waals surface area contributed by atoms with Crippen LogP contribution in [0.4, 0.5) is 0 Å². The number of aromatic nitrogens is 5. The Labute approximate surface area is 152 Å². The highest BCUT2D eigenvalue weighted by Crippen LogP contribution is 2.29. The summed E-state index contributed by atoms with van der Waals surface area (Å²) in [6.07, 6.45) is 7.20. The number of benzene rings is 1. The molecule has 0 aliphatic rings. The van der Waals surface area contributed by atoms with Gasteiger partial charge in [0.15, 0.2) is 0 Å². The third-order valence-electron chi connectivity index (χ3n) is 4.56. The van der Waals surface area contributed by atoms with Gasteiger partial charge < -0.3 is 0 Å². The van der Waals surface area contributed by atoms with E-state index in [2.05, 4.69) is 59.6 Å². The molecule has 0 amide bonds. The van der Waals surface area contributed by atoms with Crippen LogP contribution in [0.3, 0.4) is 0 Å². The second-order valence-electron chi connectivity index (χ2n) is 6.32. The van der Waals surface area contributed by atoms with Crippen molar-refractivity contribution < 1.29 is 0 Å². The van der Waals surface area contributed by atoms with Gasteiger partial charge in [-0.1, -0.05) is 31.5 Å². The maximum Gasteiger partial charge on any atom is 0.149 e. The van der Waals surface area contributed by atoms with Crippen LogP contribution in [0.25, 0.3) is 28.1 Å². The van der Waals surface area contributed by atoms with Crippen molar-refractivity contribution in [2.75, 3.05) is 0 Å². The van der Waals surface area contributed by atoms with E-state index in [4.69, 9.17) is 9.97 Å². The van der Waals surface area contributed by atoms with E-state index in [0.717, 1.165) is 52.5 Å². The average molecular weight is 343 g/mol. The summed E-state index contributed by atoms with van der Waals surface area (Å²) in [6, 6.07) is 10.4. The molecule has 130 valence electrons. The average Bonchev–Trinajstić information content (AvgIpc) is 3.07. The van der Waals surface area contributed by atoms with Gasteiger partial charge in [0.05, 0.1) is 28.5 Å². The molecule has 5 nitrogen and oxygen atoms in total. The number of rotatable bonds is 4. The van der Waals surface area contributed by atoms with Gasteiger partial charge in [-0.25, -0.2) is 15.0 Å². The molecule has 0 radical (unpaired) electrons. The minimum atomic E-state index is 0.825. The first-order valence-corrected chi connectivity index (χ1v) is 8.96. The normalized spacial score (nSPS) is 11.2. The lowest BCUT2D eigenvalue weighted by atomic mass is 10.1. The fourth-order valence-electron chi connectivity index (χ4n) is 3.14. The van der Waals surface area contributed by atoms with Crippen LogP contribution in [0.1, 0.15) is 30.9 Å². The third-order valence-corrected chi connectivity index (χ3v) is 4.56. The van der Waals surface area contributed by atoms with Gasteiger partial charge in [0, 0.05) is 24.5 Å². The Morgan fingerprint density at radius 2 is 1.73 bits per heavy atom. The Balaban J connectivity index is 2.01. The zero-order valence-electron chi connectivity index (χ0n) is 15.3. The molecular formula is C21H21N5. The van der Waals surface area contributed by atoms with E-state index >= 15 is 0 Å². The molecule has 4 aromatic rings. The maximum absolute atomic E-state index is 4.89. The molecule has 0 fully saturated rings. The monoisotopic (exact) mass is 343 g/mol. The van der Waals surface area contributed by atoms with Gasteiger partial charge in [0.25, 0.3) is 0 Å². The molecule has 5 heteroatoms. The number of nitrogens with zero attached hydrogens (tertiary/aromatic N) is 5. The van der Waals surface area contributed by atoms with E-state index in [1.54, 1.807) is 6.20 Å². The highest BCUT2D eigenvalue weighted by atomic mass is 15.1. The van der Waals surface area contributed by atoms with E-state index in [0.29, 0.717) is 0 Å². The Hall–Kier alpha value is -3.08. The van der Waals surface area contributed by atoms with E-state index in [1.807, 2.05) is 18.5 Å². The standard InChI is InChI=1S/C21H21N5/c1-4-17-16(12-23-20(5-2)24-17)21-25-18-10-11-22-13-19(18)26(21)15-8-6-14(3)7-9-15/h6-13H,4-5H2,1-3H3. The minimum absolute atomic E-state index is 0.825. The predicted molar refractivity (Wildman–Crippen MR) is 103 cm³/mol. The zero-order valence-corrected chi connectivity index (χ0v) is 15.3. The van der Waals surface area contributed by atoms with E-state index in [1.165, 1.54) is 5.56 Å². The van der Waals surface area contributed by atoms with Crippen molar-refractivity contribution in [1.29, 1.82) is 0 Å². The van der Waals surface area contributed by atoms with Crippen LogP contribution in [-0.4, -0.2) is 24.5 Å². The summed E-state index contributed by atoms with van der Waals surface area (Å²) in [4.78, 5) is 18.4. The predicted octanol–water partition coefficient (Wildman–Crippen LogP) is 4.31. The molecule has 0 N–H and O–H groups in total. The molecule has 3 aromatic heterocycles. The van der Waals surface area contributed by atoms with Crippen LogP contribution in [0.15, 0.2) is 48.9 Å². The van der Waals surface area contributed by atoms with Gasteiger partial charge in [-0.05, 0) is 31.5 Å². The molecule has 0 unspecified atom stereocenters. The molecule has 1 aromatic carbocycles. The van der Waals surface area contributed by atoms with Crippen molar-refractivity contribution in [3.05, 3.63) is 66.0 Å². The molecule has 3 heterocycles. The summed E-state index contributed by atoms with van der Waals surface area (Å²) in [7, 11) is 0. The lowest BCUT2D eigenvalue weighted by Crippen LogP contribution is -2.04. The van der Waals surface area contributed by atoms with E-state index < -0.39 is 0 Å². The minimum Gasteiger partial charge on any atom is -0.291 e. The molecule has 0 saturated carbocycles. The number of hydrogen-bond donors (Lipinski definition) is 0. The largest absolute Gasteiger partial charge is 0.291 e. The lowest BCUT2D eigenvalue weighted by molar-refractivity contribution is 0.885. The van der Waals surface area contributed by atoms with Crippen LogP contribution < -0.4 is 0 Å². The molecule has 0 aliphatic carbocycles. The van der Waals surface area contributed by atoms with Crippen LogP contribution >= 0.6 is 0 Å². The number of fused-ring (bicyclic) bond motifs is 1. The van der Waals surface area contributed by atoms with Crippen LogP contribution in [0.5, 0.6) is 0 Å². The topological polar surface area (TPSA) is 56.5 Å². The van der Waals surface area contributed by atoms with Gasteiger partial charge in [0.2, 0.25) is 0 Å². The Bertz CT molecular complexity index is 1060. The van der Waals surface area contributed by atoms with E-state index in [9.17, 15) is 0 Å². The molecule has 0 aliphatic heterocycles. The number of aryl methyl sites for hydroxylation is 3. The Morgan fingerprint density at radius 1 is 0.923 bits per heavy atom. The Morgan fingerprint density at radius 3 is 2.46 bits per heavy atom. The first-order valence-electron chi connectivity index (χ1n) is 8.96. The van der Waals surface area contributed by atoms with Crippen molar-refractivity contribution in [2.45, 2.75) is 33.6 Å². The number of hydrogen-bond acceptors (Lipinski definition) is 4. The number of imidazole rings is 1. The zero-order chi connectivity index (χ0) is 18.1. The lowest BCUT2D eigenvalue weighted by Gasteiger charge is -2.12. The molecule has 0 bridgehead atoms. The summed E-state index contributed by atoms with van der Waals surface area (Å²) >= 11 is 0. The molecule has 0 spiro atoms. The van der Waals surface area contributed by atoms with Crippen molar-refractivity contribution in [2.24, 2.45) is 0 Å². The van der Waals surface area contributed by atoms with Gasteiger partial charge in [-0.15, -0.1) is 0 Å². The van der Waals surface area contributed by atoms with Gasteiger partial charge >= 0.3 is 0 Å². The molecule has 0 saturated heterocycles. The summed E-state index contributed by atoms with van der Waals surface area (Å²) in [5, 5.41) is 0. The summed E-state index contributed by atoms with van der Waals surface area (Å²) in [6.45, 7) is 6.28. The maximum atomic E-state index is 4.89. The fourth-order valence-corrected chi connectivity index (χ4v) is 3.14. The molecule has 26 heavy (non-hydrogen) atoms. The van der Waals surface area contributed by atoms with Gasteiger partial charge in [0.1, 0.15) is 11.6 Å². The van der Waals surface area contributed by atoms with Crippen LogP contribution in [0.2, 0.25) is 0 Å². The number of pyridine rings is 1. The highest BCUT2D eigenvalue weighted by Gasteiger charge is 2.18. The van der Waals surface area contributed by atoms with Crippen molar-refractivity contribution in [1.82, 2.24) is 24.5 Å². The fraction of sp³-hybridized carbons (Fsp3) is 0.238. The van der Waals surface area contributed by atoms with Gasteiger partial charge in [-0.2, -0.15) is 0 Å². The van der Waals surface area contributed by atoms with Crippen LogP contribution in [-0.2, 0) is 12.8 Å². The smallest absolute Gasteiger partial charge is 0.149 e. The highest BCUT2D eigenvalue weighted by molar-refractivity contribution is 5.82. The second kappa shape index (κ2) is 6.67. The SMILES string of the molecule is CCc1ncc(-c2nc3ccncc3n2-c2ccc(C)cc2)c(CC)n1. The van der Waals surface area contributed by atoms with Crippen LogP contribution in [0, 0.1) is 6.92 Å². The quantitative estimate of drug-likeness (QED) is 0.554. The Kier molecular flexibility index (Phi) is 4.21. The summed E-state index contributed by atoms with van der Waals surface area (Å²) in [5.74, 6) is 1.72. The molecule has 0 atom stereocenters. The summed E-state index contributed by atoms with van der Waals surface area (Å²) in [5.41, 5.74) is 6.17. The van der Waals surface area contributed by atoms with Crippen molar-refractivity contribution in [3.63, 3.8) is 0 Å². The molecular weight excluding hydrogens is 322 g/mol. The van der Waals surface area contributed by atoms with Crippen molar-refractivity contribution in [3.8, 4) is 17.1 Å². The first-order chi connectivity index (χ1) is 12.7. The first kappa shape index (κ1) is 16.4. The van der Waals surface area contributed by atoms with Crippen molar-refractivity contribution >= 4 is 11.0 Å². The van der Waals surface area contributed by atoms with Gasteiger partial charge in [-0.3, -0.25) is 9.55 Å². The summed E-state index contributed by atoms with van der Waals surface area (Å²) < 4.78 is 2.14. The molecule has 4 rings (SSSR count). The third kappa shape index (κ3) is 2.75.